The first kappa shape index (κ1) is 20.4. The van der Waals surface area contributed by atoms with Crippen molar-refractivity contribution in [3.8, 4) is 5.75 Å². The first-order chi connectivity index (χ1) is 12.9. The van der Waals surface area contributed by atoms with E-state index in [-0.39, 0.29) is 30.5 Å². The molecule has 2 aromatic rings. The van der Waals surface area contributed by atoms with E-state index < -0.39 is 5.82 Å². The van der Waals surface area contributed by atoms with E-state index in [0.717, 1.165) is 17.7 Å². The van der Waals surface area contributed by atoms with Crippen LogP contribution in [0.15, 0.2) is 42.5 Å². The van der Waals surface area contributed by atoms with E-state index in [4.69, 9.17) is 4.74 Å². The number of nitrogens with zero attached hydrogens (tertiary/aromatic N) is 1. The number of para-hydroxylation sites is 1. The maximum absolute atomic E-state index is 13.7. The molecule has 0 radical (unpaired) electrons. The molecule has 0 atom stereocenters. The monoisotopic (exact) mass is 372 g/mol. The SMILES string of the molecule is CCc1ccccc1NC(=O)CN(C)C(=O)CCc1ccc(OC)c(F)c1. The molecule has 144 valence electrons. The number of ether oxygens (including phenoxy) is 1. The van der Waals surface area contributed by atoms with Crippen LogP contribution in [0.2, 0.25) is 0 Å². The normalized spacial score (nSPS) is 10.4. The van der Waals surface area contributed by atoms with Crippen molar-refractivity contribution in [2.75, 3.05) is 26.0 Å². The number of likely N-dealkylation sites (N-methyl/N-ethyl adjacent to an activating group) is 1. The van der Waals surface area contributed by atoms with E-state index >= 15 is 0 Å². The number of nitrogens with one attached hydrogen (secondary N) is 1. The Morgan fingerprint density at radius 1 is 1.19 bits per heavy atom. The van der Waals surface area contributed by atoms with Crippen molar-refractivity contribution in [3.05, 3.63) is 59.4 Å². The van der Waals surface area contributed by atoms with Crippen LogP contribution >= 0.6 is 0 Å². The number of anilines is 1. The van der Waals surface area contributed by atoms with Crippen molar-refractivity contribution in [2.45, 2.75) is 26.2 Å². The number of amides is 2. The molecule has 0 aromatic heterocycles. The van der Waals surface area contributed by atoms with Crippen LogP contribution in [-0.4, -0.2) is 37.4 Å². The quantitative estimate of drug-likeness (QED) is 0.772. The molecule has 0 saturated carbocycles. The molecule has 0 unspecified atom stereocenters. The lowest BCUT2D eigenvalue weighted by atomic mass is 10.1. The van der Waals surface area contributed by atoms with E-state index in [1.54, 1.807) is 13.1 Å². The highest BCUT2D eigenvalue weighted by molar-refractivity contribution is 5.95. The average Bonchev–Trinajstić information content (AvgIpc) is 2.66. The van der Waals surface area contributed by atoms with Gasteiger partial charge in [0.05, 0.1) is 13.7 Å². The summed E-state index contributed by atoms with van der Waals surface area (Å²) in [5, 5.41) is 2.84. The highest BCUT2D eigenvalue weighted by atomic mass is 19.1. The van der Waals surface area contributed by atoms with Crippen molar-refractivity contribution in [1.29, 1.82) is 0 Å². The van der Waals surface area contributed by atoms with Gasteiger partial charge < -0.3 is 15.0 Å². The highest BCUT2D eigenvalue weighted by Gasteiger charge is 2.14. The number of hydrogen-bond donors (Lipinski definition) is 1. The summed E-state index contributed by atoms with van der Waals surface area (Å²) < 4.78 is 18.6. The molecule has 2 amide bonds. The van der Waals surface area contributed by atoms with Gasteiger partial charge in [0.25, 0.3) is 0 Å². The van der Waals surface area contributed by atoms with E-state index in [2.05, 4.69) is 5.32 Å². The van der Waals surface area contributed by atoms with Gasteiger partial charge in [-0.05, 0) is 42.2 Å². The standard InChI is InChI=1S/C21H25FN2O3/c1-4-16-7-5-6-8-18(16)23-20(25)14-24(2)21(26)12-10-15-9-11-19(27-3)17(22)13-15/h5-9,11,13H,4,10,12,14H2,1-3H3,(H,23,25). The topological polar surface area (TPSA) is 58.6 Å². The molecule has 6 heteroatoms. The molecular formula is C21H25FN2O3. The first-order valence-electron chi connectivity index (χ1n) is 8.88. The molecule has 2 rings (SSSR count). The molecule has 5 nitrogen and oxygen atoms in total. The van der Waals surface area contributed by atoms with Crippen LogP contribution in [0.3, 0.4) is 0 Å². The lowest BCUT2D eigenvalue weighted by molar-refractivity contribution is -0.133. The Bertz CT molecular complexity index is 808. The predicted molar refractivity (Wildman–Crippen MR) is 103 cm³/mol. The van der Waals surface area contributed by atoms with Gasteiger partial charge in [-0.1, -0.05) is 31.2 Å². The number of methoxy groups -OCH3 is 1. The number of hydrogen-bond acceptors (Lipinski definition) is 3. The second kappa shape index (κ2) is 9.71. The second-order valence-corrected chi connectivity index (χ2v) is 6.28. The van der Waals surface area contributed by atoms with E-state index in [0.29, 0.717) is 12.0 Å². The molecule has 2 aromatic carbocycles. The maximum atomic E-state index is 13.7. The minimum absolute atomic E-state index is 0.0339. The van der Waals surface area contributed by atoms with Gasteiger partial charge in [-0.3, -0.25) is 9.59 Å². The number of aryl methyl sites for hydroxylation is 2. The molecule has 1 N–H and O–H groups in total. The van der Waals surface area contributed by atoms with E-state index in [9.17, 15) is 14.0 Å². The van der Waals surface area contributed by atoms with Crippen LogP contribution in [0.25, 0.3) is 0 Å². The summed E-state index contributed by atoms with van der Waals surface area (Å²) in [5.41, 5.74) is 2.51. The Hall–Kier alpha value is -2.89. The lowest BCUT2D eigenvalue weighted by Crippen LogP contribution is -2.35. The van der Waals surface area contributed by atoms with Crippen molar-refractivity contribution in [3.63, 3.8) is 0 Å². The second-order valence-electron chi connectivity index (χ2n) is 6.28. The van der Waals surface area contributed by atoms with Crippen LogP contribution in [0.5, 0.6) is 5.75 Å². The maximum Gasteiger partial charge on any atom is 0.243 e. The molecule has 0 heterocycles. The Labute approximate surface area is 159 Å². The third-order valence-electron chi connectivity index (χ3n) is 4.32. The third kappa shape index (κ3) is 5.81. The number of benzene rings is 2. The molecule has 0 spiro atoms. The van der Waals surface area contributed by atoms with Gasteiger partial charge in [-0.25, -0.2) is 4.39 Å². The molecule has 0 aliphatic rings. The van der Waals surface area contributed by atoms with Gasteiger partial charge in [-0.15, -0.1) is 0 Å². The number of halogens is 1. The summed E-state index contributed by atoms with van der Waals surface area (Å²) in [7, 11) is 2.99. The largest absolute Gasteiger partial charge is 0.494 e. The number of rotatable bonds is 8. The van der Waals surface area contributed by atoms with Crippen molar-refractivity contribution >= 4 is 17.5 Å². The summed E-state index contributed by atoms with van der Waals surface area (Å²) in [5.74, 6) is -0.705. The fourth-order valence-electron chi connectivity index (χ4n) is 2.75. The molecule has 0 bridgehead atoms. The predicted octanol–water partition coefficient (Wildman–Crippen LogP) is 3.43. The van der Waals surface area contributed by atoms with Crippen LogP contribution in [0.4, 0.5) is 10.1 Å². The Morgan fingerprint density at radius 3 is 2.59 bits per heavy atom. The highest BCUT2D eigenvalue weighted by Crippen LogP contribution is 2.19. The smallest absolute Gasteiger partial charge is 0.243 e. The van der Waals surface area contributed by atoms with Crippen LogP contribution in [-0.2, 0) is 22.4 Å². The van der Waals surface area contributed by atoms with Gasteiger partial charge in [0.2, 0.25) is 11.8 Å². The van der Waals surface area contributed by atoms with Gasteiger partial charge in [0.1, 0.15) is 0 Å². The first-order valence-corrected chi connectivity index (χ1v) is 8.88. The van der Waals surface area contributed by atoms with E-state index in [1.807, 2.05) is 31.2 Å². The third-order valence-corrected chi connectivity index (χ3v) is 4.32. The fourth-order valence-corrected chi connectivity index (χ4v) is 2.75. The Kier molecular flexibility index (Phi) is 7.34. The number of carbonyl (C=O) groups excluding carboxylic acids is 2. The molecule has 0 saturated heterocycles. The Balaban J connectivity index is 1.86. The van der Waals surface area contributed by atoms with Gasteiger partial charge in [-0.2, -0.15) is 0 Å². The molecular weight excluding hydrogens is 347 g/mol. The summed E-state index contributed by atoms with van der Waals surface area (Å²) >= 11 is 0. The van der Waals surface area contributed by atoms with Crippen LogP contribution in [0, 0.1) is 5.82 Å². The zero-order valence-electron chi connectivity index (χ0n) is 15.9. The zero-order valence-corrected chi connectivity index (χ0v) is 15.9. The number of carbonyl (C=O) groups is 2. The molecule has 0 aliphatic carbocycles. The van der Waals surface area contributed by atoms with E-state index in [1.165, 1.54) is 24.1 Å². The summed E-state index contributed by atoms with van der Waals surface area (Å²) in [6.45, 7) is 1.98. The van der Waals surface area contributed by atoms with Crippen molar-refractivity contribution < 1.29 is 18.7 Å². The average molecular weight is 372 g/mol. The fraction of sp³-hybridized carbons (Fsp3) is 0.333. The van der Waals surface area contributed by atoms with Gasteiger partial charge in [0.15, 0.2) is 11.6 Å². The zero-order chi connectivity index (χ0) is 19.8. The lowest BCUT2D eigenvalue weighted by Gasteiger charge is -2.17. The summed E-state index contributed by atoms with van der Waals surface area (Å²) in [4.78, 5) is 25.9. The molecule has 0 fully saturated rings. The molecule has 0 aliphatic heterocycles. The van der Waals surface area contributed by atoms with Crippen molar-refractivity contribution in [2.24, 2.45) is 0 Å². The molecule has 27 heavy (non-hydrogen) atoms. The minimum Gasteiger partial charge on any atom is -0.494 e. The van der Waals surface area contributed by atoms with Crippen LogP contribution < -0.4 is 10.1 Å². The summed E-state index contributed by atoms with van der Waals surface area (Å²) in [6.07, 6.45) is 1.40. The Morgan fingerprint density at radius 2 is 1.93 bits per heavy atom. The van der Waals surface area contributed by atoms with Crippen molar-refractivity contribution in [1.82, 2.24) is 4.90 Å². The van der Waals surface area contributed by atoms with Gasteiger partial charge in [0, 0.05) is 19.2 Å². The van der Waals surface area contributed by atoms with Gasteiger partial charge >= 0.3 is 0 Å². The minimum atomic E-state index is -0.454. The van der Waals surface area contributed by atoms with Crippen LogP contribution in [0.1, 0.15) is 24.5 Å². The summed E-state index contributed by atoms with van der Waals surface area (Å²) in [6, 6.07) is 12.2.